The molecule has 1 aromatic rings. The largest absolute Gasteiger partial charge is 0.396 e. The second-order valence-electron chi connectivity index (χ2n) is 5.26. The Morgan fingerprint density at radius 2 is 2.10 bits per heavy atom. The number of nitrogens with zero attached hydrogens (tertiary/aromatic N) is 3. The number of anilines is 1. The molecular formula is C14H22N4O2. The molecule has 0 spiro atoms. The topological polar surface area (TPSA) is 82.7 Å². The van der Waals surface area contributed by atoms with Gasteiger partial charge in [0.15, 0.2) is 0 Å². The minimum Gasteiger partial charge on any atom is -0.396 e. The summed E-state index contributed by atoms with van der Waals surface area (Å²) in [5.41, 5.74) is 5.93. The van der Waals surface area contributed by atoms with Crippen LogP contribution in [0.4, 0.5) is 5.82 Å². The number of pyridine rings is 1. The molecule has 110 valence electrons. The Labute approximate surface area is 119 Å². The van der Waals surface area contributed by atoms with Gasteiger partial charge in [-0.25, -0.2) is 4.98 Å². The molecule has 1 saturated heterocycles. The number of hydrogen-bond acceptors (Lipinski definition) is 5. The van der Waals surface area contributed by atoms with Gasteiger partial charge in [-0.1, -0.05) is 6.07 Å². The first-order valence-corrected chi connectivity index (χ1v) is 6.89. The van der Waals surface area contributed by atoms with E-state index in [1.807, 2.05) is 18.2 Å². The number of aliphatic hydroxyl groups is 1. The lowest BCUT2D eigenvalue weighted by molar-refractivity contribution is -0.118. The van der Waals surface area contributed by atoms with E-state index in [1.165, 1.54) is 0 Å². The quantitative estimate of drug-likeness (QED) is 0.778. The van der Waals surface area contributed by atoms with E-state index in [9.17, 15) is 9.90 Å². The smallest absolute Gasteiger partial charge is 0.218 e. The third kappa shape index (κ3) is 3.68. The molecule has 20 heavy (non-hydrogen) atoms. The van der Waals surface area contributed by atoms with Crippen LogP contribution >= 0.6 is 0 Å². The van der Waals surface area contributed by atoms with E-state index >= 15 is 0 Å². The van der Waals surface area contributed by atoms with Gasteiger partial charge in [0.2, 0.25) is 5.91 Å². The van der Waals surface area contributed by atoms with Crippen molar-refractivity contribution >= 4 is 11.7 Å². The van der Waals surface area contributed by atoms with Crippen molar-refractivity contribution < 1.29 is 9.90 Å². The molecule has 3 N–H and O–H groups in total. The molecule has 0 saturated carbocycles. The van der Waals surface area contributed by atoms with Crippen molar-refractivity contribution in [1.29, 1.82) is 0 Å². The zero-order valence-corrected chi connectivity index (χ0v) is 11.8. The Morgan fingerprint density at radius 3 is 2.70 bits per heavy atom. The predicted octanol–water partition coefficient (Wildman–Crippen LogP) is -0.215. The Kier molecular flexibility index (Phi) is 4.92. The zero-order chi connectivity index (χ0) is 14.5. The normalized spacial score (nSPS) is 18.0. The number of likely N-dealkylation sites (N-methyl/N-ethyl adjacent to an activating group) is 1. The Hall–Kier alpha value is -1.66. The summed E-state index contributed by atoms with van der Waals surface area (Å²) in [5, 5.41) is 9.40. The van der Waals surface area contributed by atoms with Crippen LogP contribution < -0.4 is 10.6 Å². The molecule has 0 aliphatic carbocycles. The van der Waals surface area contributed by atoms with E-state index in [-0.39, 0.29) is 18.9 Å². The summed E-state index contributed by atoms with van der Waals surface area (Å²) in [4.78, 5) is 20.1. The second-order valence-corrected chi connectivity index (χ2v) is 5.26. The molecule has 1 aliphatic rings. The summed E-state index contributed by atoms with van der Waals surface area (Å²) >= 11 is 0. The SMILES string of the molecule is CN1CCN(c2cccc([C@@H](CO)CC(N)=O)n2)CC1. The van der Waals surface area contributed by atoms with Crippen molar-refractivity contribution in [1.82, 2.24) is 9.88 Å². The Bertz CT molecular complexity index is 458. The number of carbonyl (C=O) groups is 1. The number of aromatic nitrogens is 1. The molecule has 1 atom stereocenters. The maximum atomic E-state index is 11.0. The number of hydrogen-bond donors (Lipinski definition) is 2. The van der Waals surface area contributed by atoms with Gasteiger partial charge in [0.25, 0.3) is 0 Å². The van der Waals surface area contributed by atoms with Crippen LogP contribution in [0.2, 0.25) is 0 Å². The molecule has 1 fully saturated rings. The van der Waals surface area contributed by atoms with Crippen LogP contribution in [0.15, 0.2) is 18.2 Å². The van der Waals surface area contributed by atoms with Crippen molar-refractivity contribution in [2.24, 2.45) is 5.73 Å². The number of aliphatic hydroxyl groups excluding tert-OH is 1. The van der Waals surface area contributed by atoms with Gasteiger partial charge in [0.1, 0.15) is 5.82 Å². The maximum Gasteiger partial charge on any atom is 0.218 e. The number of amides is 1. The highest BCUT2D eigenvalue weighted by atomic mass is 16.3. The van der Waals surface area contributed by atoms with Crippen molar-refractivity contribution in [3.63, 3.8) is 0 Å². The molecule has 2 heterocycles. The van der Waals surface area contributed by atoms with E-state index in [0.717, 1.165) is 37.7 Å². The number of carbonyl (C=O) groups excluding carboxylic acids is 1. The summed E-state index contributed by atoms with van der Waals surface area (Å²) in [6, 6.07) is 5.72. The molecule has 0 bridgehead atoms. The van der Waals surface area contributed by atoms with E-state index in [2.05, 4.69) is 21.8 Å². The van der Waals surface area contributed by atoms with E-state index < -0.39 is 5.91 Å². The summed E-state index contributed by atoms with van der Waals surface area (Å²) in [6.45, 7) is 3.77. The van der Waals surface area contributed by atoms with Gasteiger partial charge in [-0.2, -0.15) is 0 Å². The van der Waals surface area contributed by atoms with Gasteiger partial charge in [-0.05, 0) is 19.2 Å². The van der Waals surface area contributed by atoms with Crippen molar-refractivity contribution in [3.8, 4) is 0 Å². The van der Waals surface area contributed by atoms with Crippen LogP contribution in [0.5, 0.6) is 0 Å². The van der Waals surface area contributed by atoms with Gasteiger partial charge in [0.05, 0.1) is 6.61 Å². The molecule has 1 aromatic heterocycles. The molecule has 0 radical (unpaired) electrons. The van der Waals surface area contributed by atoms with E-state index in [0.29, 0.717) is 0 Å². The lowest BCUT2D eigenvalue weighted by Gasteiger charge is -2.33. The monoisotopic (exact) mass is 278 g/mol. The fraction of sp³-hybridized carbons (Fsp3) is 0.571. The molecule has 1 amide bonds. The van der Waals surface area contributed by atoms with Crippen LogP contribution in [0.25, 0.3) is 0 Å². The van der Waals surface area contributed by atoms with Gasteiger partial charge >= 0.3 is 0 Å². The fourth-order valence-electron chi connectivity index (χ4n) is 2.38. The predicted molar refractivity (Wildman–Crippen MR) is 77.6 cm³/mol. The summed E-state index contributed by atoms with van der Waals surface area (Å²) < 4.78 is 0. The van der Waals surface area contributed by atoms with Crippen LogP contribution in [-0.4, -0.2) is 60.7 Å². The lowest BCUT2D eigenvalue weighted by atomic mass is 10.0. The van der Waals surface area contributed by atoms with E-state index in [4.69, 9.17) is 5.73 Å². The van der Waals surface area contributed by atoms with E-state index in [1.54, 1.807) is 0 Å². The maximum absolute atomic E-state index is 11.0. The first-order chi connectivity index (χ1) is 9.60. The summed E-state index contributed by atoms with van der Waals surface area (Å²) in [7, 11) is 2.11. The van der Waals surface area contributed by atoms with Crippen LogP contribution in [-0.2, 0) is 4.79 Å². The molecule has 6 heteroatoms. The summed E-state index contributed by atoms with van der Waals surface area (Å²) in [6.07, 6.45) is 0.121. The highest BCUT2D eigenvalue weighted by molar-refractivity contribution is 5.74. The minimum atomic E-state index is -0.421. The number of nitrogens with two attached hydrogens (primary N) is 1. The molecule has 6 nitrogen and oxygen atoms in total. The van der Waals surface area contributed by atoms with Gasteiger partial charge in [0, 0.05) is 44.2 Å². The van der Waals surface area contributed by atoms with Gasteiger partial charge < -0.3 is 20.6 Å². The molecule has 1 aliphatic heterocycles. The average Bonchev–Trinajstić information content (AvgIpc) is 2.45. The zero-order valence-electron chi connectivity index (χ0n) is 11.8. The van der Waals surface area contributed by atoms with Crippen molar-refractivity contribution in [2.75, 3.05) is 44.7 Å². The second kappa shape index (κ2) is 6.67. The number of primary amides is 1. The molecule has 2 rings (SSSR count). The average molecular weight is 278 g/mol. The van der Waals surface area contributed by atoms with Crippen LogP contribution in [0, 0.1) is 0 Å². The standard InChI is InChI=1S/C14H22N4O2/c1-17-5-7-18(8-6-17)14-4-2-3-12(16-14)11(10-19)9-13(15)20/h2-4,11,19H,5-10H2,1H3,(H2,15,20)/t11-/m1/s1. The minimum absolute atomic E-state index is 0.121. The first-order valence-electron chi connectivity index (χ1n) is 6.89. The van der Waals surface area contributed by atoms with Crippen molar-refractivity contribution in [2.45, 2.75) is 12.3 Å². The number of piperazine rings is 1. The first kappa shape index (κ1) is 14.7. The van der Waals surface area contributed by atoms with Gasteiger partial charge in [-0.3, -0.25) is 4.79 Å². The third-order valence-corrected chi connectivity index (χ3v) is 3.67. The third-order valence-electron chi connectivity index (χ3n) is 3.67. The lowest BCUT2D eigenvalue weighted by Crippen LogP contribution is -2.44. The molecule has 0 unspecified atom stereocenters. The van der Waals surface area contributed by atoms with Crippen LogP contribution in [0.3, 0.4) is 0 Å². The Balaban J connectivity index is 2.12. The molecule has 0 aromatic carbocycles. The highest BCUT2D eigenvalue weighted by Crippen LogP contribution is 2.21. The van der Waals surface area contributed by atoms with Crippen LogP contribution in [0.1, 0.15) is 18.0 Å². The molecular weight excluding hydrogens is 256 g/mol. The fourth-order valence-corrected chi connectivity index (χ4v) is 2.38. The van der Waals surface area contributed by atoms with Gasteiger partial charge in [-0.15, -0.1) is 0 Å². The summed E-state index contributed by atoms with van der Waals surface area (Å²) in [5.74, 6) is 0.161. The van der Waals surface area contributed by atoms with Crippen molar-refractivity contribution in [3.05, 3.63) is 23.9 Å². The Morgan fingerprint density at radius 1 is 1.40 bits per heavy atom. The highest BCUT2D eigenvalue weighted by Gasteiger charge is 2.19. The number of rotatable bonds is 5.